The third-order valence-electron chi connectivity index (χ3n) is 4.04. The Morgan fingerprint density at radius 2 is 1.70 bits per heavy atom. The first-order chi connectivity index (χ1) is 9.09. The summed E-state index contributed by atoms with van der Waals surface area (Å²) in [6.45, 7) is 0. The van der Waals surface area contributed by atoms with Crippen LogP contribution in [0.1, 0.15) is 54.1 Å². The maximum absolute atomic E-state index is 10.8. The second-order valence-corrected chi connectivity index (χ2v) is 5.34. The van der Waals surface area contributed by atoms with Crippen molar-refractivity contribution in [1.82, 2.24) is 0 Å². The Morgan fingerprint density at radius 3 is 2.20 bits per heavy atom. The number of hydrogen-bond acceptors (Lipinski definition) is 3. The molecule has 112 valence electrons. The third kappa shape index (κ3) is 3.95. The van der Waals surface area contributed by atoms with Crippen LogP contribution in [0.15, 0.2) is 24.3 Å². The molecule has 1 saturated carbocycles. The first kappa shape index (κ1) is 17.0. The van der Waals surface area contributed by atoms with Gasteiger partial charge in [-0.05, 0) is 36.5 Å². The Bertz CT molecular complexity index is 429. The number of carbonyl (C=O) groups is 1. The maximum atomic E-state index is 10.8. The molecule has 2 rings (SSSR count). The van der Waals surface area contributed by atoms with Crippen molar-refractivity contribution in [2.75, 3.05) is 0 Å². The topological polar surface area (TPSA) is 83.6 Å². The Hall–Kier alpha value is -1.10. The molecule has 1 aromatic rings. The molecule has 1 aliphatic carbocycles. The first-order valence-electron chi connectivity index (χ1n) is 6.86. The van der Waals surface area contributed by atoms with Crippen LogP contribution in [0.25, 0.3) is 0 Å². The molecule has 0 radical (unpaired) electrons. The second-order valence-electron chi connectivity index (χ2n) is 5.34. The molecule has 0 spiro atoms. The van der Waals surface area contributed by atoms with Crippen molar-refractivity contribution in [1.29, 1.82) is 0 Å². The van der Waals surface area contributed by atoms with Crippen molar-refractivity contribution in [3.05, 3.63) is 35.4 Å². The molecule has 0 saturated heterocycles. The summed E-state index contributed by atoms with van der Waals surface area (Å²) in [6, 6.07) is 6.02. The number of aliphatic hydroxyl groups is 1. The fourth-order valence-corrected chi connectivity index (χ4v) is 2.81. The highest BCUT2D eigenvalue weighted by Crippen LogP contribution is 2.31. The second kappa shape index (κ2) is 7.62. The molecule has 0 unspecified atom stereocenters. The molecular weight excluding hydrogens is 278 g/mol. The van der Waals surface area contributed by atoms with Gasteiger partial charge in [0.2, 0.25) is 0 Å². The summed E-state index contributed by atoms with van der Waals surface area (Å²) in [4.78, 5) is 10.8. The number of aliphatic hydroxyl groups excluding tert-OH is 1. The third-order valence-corrected chi connectivity index (χ3v) is 4.04. The van der Waals surface area contributed by atoms with Crippen LogP contribution in [0.5, 0.6) is 0 Å². The fraction of sp³-hybridized carbons (Fsp3) is 0.533. The van der Waals surface area contributed by atoms with E-state index in [1.165, 1.54) is 18.6 Å². The molecule has 20 heavy (non-hydrogen) atoms. The van der Waals surface area contributed by atoms with Gasteiger partial charge in [0.1, 0.15) is 0 Å². The van der Waals surface area contributed by atoms with Crippen molar-refractivity contribution in [3.63, 3.8) is 0 Å². The van der Waals surface area contributed by atoms with Gasteiger partial charge < -0.3 is 15.9 Å². The van der Waals surface area contributed by atoms with Crippen molar-refractivity contribution in [3.8, 4) is 0 Å². The predicted molar refractivity (Wildman–Crippen MR) is 80.2 cm³/mol. The highest BCUT2D eigenvalue weighted by atomic mass is 35.5. The number of carboxylic acids is 1. The summed E-state index contributed by atoms with van der Waals surface area (Å²) >= 11 is 0. The van der Waals surface area contributed by atoms with Crippen LogP contribution in [0.2, 0.25) is 0 Å². The van der Waals surface area contributed by atoms with Gasteiger partial charge in [0.25, 0.3) is 0 Å². The minimum Gasteiger partial charge on any atom is -0.478 e. The first-order valence-corrected chi connectivity index (χ1v) is 6.86. The van der Waals surface area contributed by atoms with E-state index in [0.717, 1.165) is 31.2 Å². The number of rotatable bonds is 4. The van der Waals surface area contributed by atoms with Gasteiger partial charge in [0.05, 0.1) is 17.7 Å². The zero-order valence-electron chi connectivity index (χ0n) is 11.4. The molecule has 5 heteroatoms. The lowest BCUT2D eigenvalue weighted by atomic mass is 9.81. The Labute approximate surface area is 125 Å². The molecule has 4 N–H and O–H groups in total. The SMILES string of the molecule is Cl.N[C@H](c1ccc(C(=O)O)cc1)[C@@H](O)C1CCCCC1. The summed E-state index contributed by atoms with van der Waals surface area (Å²) in [5, 5.41) is 19.2. The number of hydrogen-bond donors (Lipinski definition) is 3. The molecule has 1 fully saturated rings. The molecule has 2 atom stereocenters. The van der Waals surface area contributed by atoms with Gasteiger partial charge in [0.15, 0.2) is 0 Å². The monoisotopic (exact) mass is 299 g/mol. The predicted octanol–water partition coefficient (Wildman–Crippen LogP) is 2.75. The van der Waals surface area contributed by atoms with E-state index in [9.17, 15) is 9.90 Å². The number of carboxylic acid groups (broad SMARTS) is 1. The molecule has 1 aromatic carbocycles. The van der Waals surface area contributed by atoms with Gasteiger partial charge >= 0.3 is 5.97 Å². The Kier molecular flexibility index (Phi) is 6.46. The zero-order valence-corrected chi connectivity index (χ0v) is 12.2. The largest absolute Gasteiger partial charge is 0.478 e. The van der Waals surface area contributed by atoms with E-state index in [1.54, 1.807) is 12.1 Å². The van der Waals surface area contributed by atoms with Crippen LogP contribution in [0.3, 0.4) is 0 Å². The Morgan fingerprint density at radius 1 is 1.15 bits per heavy atom. The molecule has 1 aliphatic rings. The normalized spacial score (nSPS) is 18.9. The van der Waals surface area contributed by atoms with Gasteiger partial charge in [-0.3, -0.25) is 0 Å². The van der Waals surface area contributed by atoms with Crippen molar-refractivity contribution in [2.45, 2.75) is 44.2 Å². The van der Waals surface area contributed by atoms with E-state index in [0.29, 0.717) is 0 Å². The summed E-state index contributed by atoms with van der Waals surface area (Å²) in [5.74, 6) is -0.684. The van der Waals surface area contributed by atoms with Crippen LogP contribution in [-0.2, 0) is 0 Å². The number of benzene rings is 1. The van der Waals surface area contributed by atoms with Crippen LogP contribution < -0.4 is 5.73 Å². The van der Waals surface area contributed by atoms with Crippen molar-refractivity contribution in [2.24, 2.45) is 11.7 Å². The molecule has 4 nitrogen and oxygen atoms in total. The number of nitrogens with two attached hydrogens (primary N) is 1. The van der Waals surface area contributed by atoms with E-state index >= 15 is 0 Å². The van der Waals surface area contributed by atoms with E-state index in [-0.39, 0.29) is 23.9 Å². The lowest BCUT2D eigenvalue weighted by molar-refractivity contribution is 0.0618. The summed E-state index contributed by atoms with van der Waals surface area (Å²) < 4.78 is 0. The summed E-state index contributed by atoms with van der Waals surface area (Å²) in [7, 11) is 0. The molecular formula is C15H22ClNO3. The van der Waals surface area contributed by atoms with E-state index in [1.807, 2.05) is 0 Å². The minimum absolute atomic E-state index is 0. The quantitative estimate of drug-likeness (QED) is 0.798. The fourth-order valence-electron chi connectivity index (χ4n) is 2.81. The van der Waals surface area contributed by atoms with Gasteiger partial charge in [-0.2, -0.15) is 0 Å². The average Bonchev–Trinajstić information content (AvgIpc) is 2.46. The van der Waals surface area contributed by atoms with Crippen LogP contribution >= 0.6 is 12.4 Å². The van der Waals surface area contributed by atoms with E-state index in [4.69, 9.17) is 10.8 Å². The molecule has 0 aliphatic heterocycles. The Balaban J connectivity index is 0.00000200. The van der Waals surface area contributed by atoms with E-state index < -0.39 is 18.1 Å². The molecule has 0 bridgehead atoms. The van der Waals surface area contributed by atoms with Gasteiger partial charge in [-0.25, -0.2) is 4.79 Å². The van der Waals surface area contributed by atoms with Gasteiger partial charge in [0, 0.05) is 0 Å². The molecule has 0 aromatic heterocycles. The lowest BCUT2D eigenvalue weighted by Gasteiger charge is -2.30. The number of aromatic carboxylic acids is 1. The van der Waals surface area contributed by atoms with E-state index in [2.05, 4.69) is 0 Å². The van der Waals surface area contributed by atoms with Gasteiger partial charge in [-0.15, -0.1) is 12.4 Å². The van der Waals surface area contributed by atoms with Crippen molar-refractivity contribution < 1.29 is 15.0 Å². The van der Waals surface area contributed by atoms with Crippen LogP contribution in [0.4, 0.5) is 0 Å². The summed E-state index contributed by atoms with van der Waals surface area (Å²) in [5.41, 5.74) is 7.13. The highest BCUT2D eigenvalue weighted by Gasteiger charge is 2.27. The summed E-state index contributed by atoms with van der Waals surface area (Å²) in [6.07, 6.45) is 5.07. The number of halogens is 1. The average molecular weight is 300 g/mol. The highest BCUT2D eigenvalue weighted by molar-refractivity contribution is 5.87. The van der Waals surface area contributed by atoms with Crippen LogP contribution in [-0.4, -0.2) is 22.3 Å². The lowest BCUT2D eigenvalue weighted by Crippen LogP contribution is -2.34. The smallest absolute Gasteiger partial charge is 0.335 e. The maximum Gasteiger partial charge on any atom is 0.335 e. The molecule has 0 heterocycles. The van der Waals surface area contributed by atoms with Gasteiger partial charge in [-0.1, -0.05) is 31.4 Å². The minimum atomic E-state index is -0.951. The van der Waals surface area contributed by atoms with Crippen LogP contribution in [0, 0.1) is 5.92 Å². The molecule has 0 amide bonds. The standard InChI is InChI=1S/C15H21NO3.ClH/c16-13(14(17)11-4-2-1-3-5-11)10-6-8-12(9-7-10)15(18)19;/h6-9,11,13-14,17H,1-5,16H2,(H,18,19);1H/t13-,14+;/m1./s1. The van der Waals surface area contributed by atoms with Crippen molar-refractivity contribution >= 4 is 18.4 Å². The zero-order chi connectivity index (χ0) is 13.8.